The fraction of sp³-hybridized carbons (Fsp3) is 0.476. The van der Waals surface area contributed by atoms with Crippen LogP contribution >= 0.6 is 0 Å². The van der Waals surface area contributed by atoms with Crippen molar-refractivity contribution in [3.05, 3.63) is 41.5 Å². The van der Waals surface area contributed by atoms with Crippen LogP contribution in [0.4, 0.5) is 4.79 Å². The topological polar surface area (TPSA) is 93.7 Å². The van der Waals surface area contributed by atoms with Crippen LogP contribution in [0.1, 0.15) is 45.2 Å². The van der Waals surface area contributed by atoms with E-state index in [0.717, 1.165) is 16.7 Å². The van der Waals surface area contributed by atoms with Crippen molar-refractivity contribution in [2.24, 2.45) is 0 Å². The second kappa shape index (κ2) is 10.5. The molecular weight excluding hydrogens is 360 g/mol. The van der Waals surface area contributed by atoms with Crippen LogP contribution in [0.3, 0.4) is 0 Å². The van der Waals surface area contributed by atoms with Crippen molar-refractivity contribution in [3.8, 4) is 0 Å². The second-order valence-electron chi connectivity index (χ2n) is 7.33. The van der Waals surface area contributed by atoms with Crippen LogP contribution in [0.15, 0.2) is 30.3 Å². The molecule has 1 atom stereocenters. The Morgan fingerprint density at radius 3 is 2.36 bits per heavy atom. The zero-order valence-corrected chi connectivity index (χ0v) is 17.4. The van der Waals surface area contributed by atoms with Crippen molar-refractivity contribution in [3.63, 3.8) is 0 Å². The molecule has 7 nitrogen and oxygen atoms in total. The first-order valence-electron chi connectivity index (χ1n) is 9.12. The molecule has 0 unspecified atom stereocenters. The van der Waals surface area contributed by atoms with E-state index in [1.807, 2.05) is 44.2 Å². The van der Waals surface area contributed by atoms with Crippen molar-refractivity contribution in [1.82, 2.24) is 10.6 Å². The van der Waals surface area contributed by atoms with Gasteiger partial charge in [0.25, 0.3) is 0 Å². The van der Waals surface area contributed by atoms with Gasteiger partial charge in [0.1, 0.15) is 18.2 Å². The number of rotatable bonds is 7. The summed E-state index contributed by atoms with van der Waals surface area (Å²) in [5, 5.41) is 5.09. The molecule has 0 fully saturated rings. The van der Waals surface area contributed by atoms with Crippen LogP contribution in [0.5, 0.6) is 0 Å². The minimum atomic E-state index is -0.912. The summed E-state index contributed by atoms with van der Waals surface area (Å²) in [7, 11) is 1.24. The molecule has 1 rings (SSSR count). The number of nitrogens with one attached hydrogen (secondary N) is 2. The Labute approximate surface area is 166 Å². The summed E-state index contributed by atoms with van der Waals surface area (Å²) < 4.78 is 9.81. The minimum Gasteiger partial charge on any atom is -0.468 e. The molecule has 0 saturated heterocycles. The summed E-state index contributed by atoms with van der Waals surface area (Å²) >= 11 is 0. The number of esters is 1. The molecule has 0 radical (unpaired) electrons. The Bertz CT molecular complexity index is 735. The number of alkyl carbamates (subject to hydrolysis) is 1. The van der Waals surface area contributed by atoms with E-state index in [0.29, 0.717) is 0 Å². The molecule has 7 heteroatoms. The van der Waals surface area contributed by atoms with Crippen LogP contribution in [-0.4, -0.2) is 43.3 Å². The average Bonchev–Trinajstić information content (AvgIpc) is 2.62. The van der Waals surface area contributed by atoms with Gasteiger partial charge < -0.3 is 20.1 Å². The zero-order valence-electron chi connectivity index (χ0n) is 17.4. The molecule has 0 saturated carbocycles. The summed E-state index contributed by atoms with van der Waals surface area (Å²) in [6, 6.07) is 6.88. The lowest BCUT2D eigenvalue weighted by atomic mass is 9.94. The Morgan fingerprint density at radius 2 is 1.82 bits per heavy atom. The predicted molar refractivity (Wildman–Crippen MR) is 108 cm³/mol. The van der Waals surface area contributed by atoms with Crippen molar-refractivity contribution in [2.45, 2.75) is 52.7 Å². The van der Waals surface area contributed by atoms with Gasteiger partial charge in [0.05, 0.1) is 7.11 Å². The predicted octanol–water partition coefficient (Wildman–Crippen LogP) is 2.97. The third-order valence-corrected chi connectivity index (χ3v) is 3.91. The minimum absolute atomic E-state index is 0.244. The maximum atomic E-state index is 12.6. The quantitative estimate of drug-likeness (QED) is 0.698. The van der Waals surface area contributed by atoms with Gasteiger partial charge in [-0.1, -0.05) is 30.3 Å². The van der Waals surface area contributed by atoms with E-state index >= 15 is 0 Å². The van der Waals surface area contributed by atoms with Crippen molar-refractivity contribution in [1.29, 1.82) is 0 Å². The van der Waals surface area contributed by atoms with Crippen LogP contribution in [0, 0.1) is 6.92 Å². The number of hydrogen-bond donors (Lipinski definition) is 2. The third-order valence-electron chi connectivity index (χ3n) is 3.91. The van der Waals surface area contributed by atoms with Crippen LogP contribution in [0.25, 0.3) is 5.57 Å². The summed E-state index contributed by atoms with van der Waals surface area (Å²) in [6.07, 6.45) is 1.44. The van der Waals surface area contributed by atoms with Gasteiger partial charge in [0.15, 0.2) is 0 Å². The van der Waals surface area contributed by atoms with Gasteiger partial charge in [-0.05, 0) is 51.3 Å². The fourth-order valence-corrected chi connectivity index (χ4v) is 2.55. The maximum absolute atomic E-state index is 12.6. The van der Waals surface area contributed by atoms with E-state index in [2.05, 4.69) is 15.4 Å². The Morgan fingerprint density at radius 1 is 1.18 bits per heavy atom. The number of carbonyl (C=O) groups is 3. The van der Waals surface area contributed by atoms with E-state index in [1.54, 1.807) is 20.8 Å². The molecular formula is C21H30N2O5. The number of aryl methyl sites for hydroxylation is 1. The molecule has 1 aromatic rings. The molecule has 154 valence electrons. The second-order valence-corrected chi connectivity index (χ2v) is 7.33. The first-order valence-corrected chi connectivity index (χ1v) is 9.12. The molecule has 1 aromatic carbocycles. The molecule has 0 heterocycles. The number of benzene rings is 1. The Kier molecular flexibility index (Phi) is 8.70. The van der Waals surface area contributed by atoms with Gasteiger partial charge in [-0.3, -0.25) is 9.59 Å². The van der Waals surface area contributed by atoms with Gasteiger partial charge >= 0.3 is 12.1 Å². The highest BCUT2D eigenvalue weighted by molar-refractivity contribution is 5.90. The number of ether oxygens (including phenoxy) is 2. The van der Waals surface area contributed by atoms with E-state index in [1.165, 1.54) is 7.11 Å². The van der Waals surface area contributed by atoms with Crippen LogP contribution in [0.2, 0.25) is 0 Å². The van der Waals surface area contributed by atoms with E-state index in [4.69, 9.17) is 4.74 Å². The van der Waals surface area contributed by atoms with E-state index in [-0.39, 0.29) is 13.0 Å². The maximum Gasteiger partial charge on any atom is 0.408 e. The first kappa shape index (κ1) is 23.2. The highest BCUT2D eigenvalue weighted by Crippen LogP contribution is 2.23. The Hall–Kier alpha value is -2.83. The number of allylic oxidation sites excluding steroid dienone is 1. The zero-order chi connectivity index (χ0) is 21.3. The molecule has 0 aromatic heterocycles. The fourth-order valence-electron chi connectivity index (χ4n) is 2.55. The SMILES string of the molecule is C/C=C(/C[C@H](NC(=O)OC(C)(C)C)C(=O)NCC(=O)OC)c1ccccc1C. The molecule has 0 aliphatic heterocycles. The van der Waals surface area contributed by atoms with Gasteiger partial charge in [0, 0.05) is 6.42 Å². The highest BCUT2D eigenvalue weighted by atomic mass is 16.6. The van der Waals surface area contributed by atoms with Gasteiger partial charge in [-0.2, -0.15) is 0 Å². The third kappa shape index (κ3) is 7.82. The van der Waals surface area contributed by atoms with Gasteiger partial charge in [-0.25, -0.2) is 4.79 Å². The summed E-state index contributed by atoms with van der Waals surface area (Å²) in [5.74, 6) is -1.07. The van der Waals surface area contributed by atoms with Gasteiger partial charge in [-0.15, -0.1) is 0 Å². The normalized spacial score (nSPS) is 12.7. The lowest BCUT2D eigenvalue weighted by Crippen LogP contribution is -2.49. The average molecular weight is 390 g/mol. The molecule has 2 amide bonds. The number of amides is 2. The van der Waals surface area contributed by atoms with Crippen molar-refractivity contribution in [2.75, 3.05) is 13.7 Å². The van der Waals surface area contributed by atoms with Crippen LogP contribution in [-0.2, 0) is 19.1 Å². The number of methoxy groups -OCH3 is 1. The standard InChI is InChI=1S/C21H30N2O5/c1-7-15(16-11-9-8-10-14(16)2)12-17(19(25)22-13-18(24)27-6)23-20(26)28-21(3,4)5/h7-11,17H,12-13H2,1-6H3,(H,22,25)(H,23,26)/b15-7-/t17-/m0/s1. The number of hydrogen-bond acceptors (Lipinski definition) is 5. The van der Waals surface area contributed by atoms with Crippen molar-refractivity contribution < 1.29 is 23.9 Å². The molecule has 0 spiro atoms. The van der Waals surface area contributed by atoms with E-state index in [9.17, 15) is 14.4 Å². The van der Waals surface area contributed by atoms with Crippen LogP contribution < -0.4 is 10.6 Å². The summed E-state index contributed by atoms with van der Waals surface area (Å²) in [4.78, 5) is 36.2. The molecule has 0 aliphatic carbocycles. The monoisotopic (exact) mass is 390 g/mol. The molecule has 28 heavy (non-hydrogen) atoms. The molecule has 0 bridgehead atoms. The number of carbonyl (C=O) groups excluding carboxylic acids is 3. The summed E-state index contributed by atoms with van der Waals surface area (Å²) in [6.45, 7) is 8.79. The Balaban J connectivity index is 3.01. The van der Waals surface area contributed by atoms with E-state index < -0.39 is 29.6 Å². The van der Waals surface area contributed by atoms with Crippen molar-refractivity contribution >= 4 is 23.5 Å². The smallest absolute Gasteiger partial charge is 0.408 e. The largest absolute Gasteiger partial charge is 0.468 e. The molecule has 2 N–H and O–H groups in total. The first-order chi connectivity index (χ1) is 13.1. The highest BCUT2D eigenvalue weighted by Gasteiger charge is 2.26. The lowest BCUT2D eigenvalue weighted by Gasteiger charge is -2.24. The summed E-state index contributed by atoms with van der Waals surface area (Å²) in [5.41, 5.74) is 2.24. The lowest BCUT2D eigenvalue weighted by molar-refractivity contribution is -0.141. The molecule has 0 aliphatic rings. The van der Waals surface area contributed by atoms with Gasteiger partial charge in [0.2, 0.25) is 5.91 Å².